The lowest BCUT2D eigenvalue weighted by molar-refractivity contribution is -0.128. The number of carbonyl (C=O) groups excluding carboxylic acids is 2. The molecule has 0 bridgehead atoms. The number of carbonyl (C=O) groups is 2. The summed E-state index contributed by atoms with van der Waals surface area (Å²) in [5.74, 6) is 1.14. The van der Waals surface area contributed by atoms with Crippen LogP contribution in [0.5, 0.6) is 0 Å². The summed E-state index contributed by atoms with van der Waals surface area (Å²) < 4.78 is 5.13. The maximum Gasteiger partial charge on any atom is 0.252 e. The van der Waals surface area contributed by atoms with Crippen LogP contribution in [0.15, 0.2) is 28.8 Å². The van der Waals surface area contributed by atoms with Crippen LogP contribution in [0, 0.1) is 6.92 Å². The molecule has 0 unspecified atom stereocenters. The Hall–Kier alpha value is -2.70. The summed E-state index contributed by atoms with van der Waals surface area (Å²) in [6, 6.07) is 7.46. The Labute approximate surface area is 158 Å². The number of aromatic nitrogens is 2. The zero-order valence-electron chi connectivity index (χ0n) is 15.5. The van der Waals surface area contributed by atoms with Crippen LogP contribution in [-0.2, 0) is 16.9 Å². The van der Waals surface area contributed by atoms with E-state index in [9.17, 15) is 9.59 Å². The van der Waals surface area contributed by atoms with Gasteiger partial charge in [-0.1, -0.05) is 30.1 Å². The van der Waals surface area contributed by atoms with E-state index in [1.807, 2.05) is 29.2 Å². The molecular formula is C20H24N4O3. The SMILES string of the molecule is Cc1nc(C2(NC(=O)c3ccc(CN4CCCC4=O)cc3)CCCC2)no1. The largest absolute Gasteiger partial charge is 0.340 e. The van der Waals surface area contributed by atoms with Crippen molar-refractivity contribution in [2.75, 3.05) is 6.54 Å². The fourth-order valence-corrected chi connectivity index (χ4v) is 4.02. The summed E-state index contributed by atoms with van der Waals surface area (Å²) in [4.78, 5) is 30.8. The fraction of sp³-hybridized carbons (Fsp3) is 0.500. The minimum atomic E-state index is -0.546. The first-order chi connectivity index (χ1) is 13.1. The van der Waals surface area contributed by atoms with Gasteiger partial charge < -0.3 is 14.7 Å². The summed E-state index contributed by atoms with van der Waals surface area (Å²) >= 11 is 0. The molecule has 2 fully saturated rings. The van der Waals surface area contributed by atoms with Crippen LogP contribution in [0.25, 0.3) is 0 Å². The Balaban J connectivity index is 1.46. The van der Waals surface area contributed by atoms with Gasteiger partial charge >= 0.3 is 0 Å². The Morgan fingerprint density at radius 2 is 1.96 bits per heavy atom. The standard InChI is InChI=1S/C20H24N4O3/c1-14-21-19(23-27-14)20(10-2-3-11-20)22-18(26)16-8-6-15(7-9-16)13-24-12-4-5-17(24)25/h6-9H,2-5,10-13H2,1H3,(H,22,26). The van der Waals surface area contributed by atoms with E-state index in [2.05, 4.69) is 15.5 Å². The second-order valence-electron chi connectivity index (χ2n) is 7.50. The zero-order chi connectivity index (χ0) is 18.9. The average Bonchev–Trinajstić information content (AvgIpc) is 3.39. The van der Waals surface area contributed by atoms with Gasteiger partial charge in [0.1, 0.15) is 5.54 Å². The maximum atomic E-state index is 12.8. The van der Waals surface area contributed by atoms with E-state index in [1.165, 1.54) is 0 Å². The van der Waals surface area contributed by atoms with Crippen molar-refractivity contribution in [1.29, 1.82) is 0 Å². The topological polar surface area (TPSA) is 88.3 Å². The number of hydrogen-bond donors (Lipinski definition) is 1. The third kappa shape index (κ3) is 3.59. The number of nitrogens with zero attached hydrogens (tertiary/aromatic N) is 3. The average molecular weight is 368 g/mol. The van der Waals surface area contributed by atoms with Crippen LogP contribution in [-0.4, -0.2) is 33.4 Å². The predicted molar refractivity (Wildman–Crippen MR) is 97.7 cm³/mol. The lowest BCUT2D eigenvalue weighted by atomic mass is 9.95. The van der Waals surface area contributed by atoms with E-state index in [0.717, 1.165) is 44.2 Å². The monoisotopic (exact) mass is 368 g/mol. The molecule has 1 N–H and O–H groups in total. The highest BCUT2D eigenvalue weighted by Gasteiger charge is 2.41. The molecular weight excluding hydrogens is 344 g/mol. The normalized spacial score (nSPS) is 18.9. The molecule has 27 heavy (non-hydrogen) atoms. The summed E-state index contributed by atoms with van der Waals surface area (Å²) in [7, 11) is 0. The summed E-state index contributed by atoms with van der Waals surface area (Å²) in [6.45, 7) is 3.17. The Morgan fingerprint density at radius 1 is 1.22 bits per heavy atom. The van der Waals surface area contributed by atoms with Gasteiger partial charge in [-0.3, -0.25) is 9.59 Å². The second kappa shape index (κ2) is 7.13. The first kappa shape index (κ1) is 17.7. The molecule has 142 valence electrons. The zero-order valence-corrected chi connectivity index (χ0v) is 15.5. The maximum absolute atomic E-state index is 12.8. The quantitative estimate of drug-likeness (QED) is 0.877. The highest BCUT2D eigenvalue weighted by Crippen LogP contribution is 2.37. The molecule has 2 aromatic rings. The molecule has 4 rings (SSSR count). The Bertz CT molecular complexity index is 837. The van der Waals surface area contributed by atoms with Gasteiger partial charge in [0.25, 0.3) is 5.91 Å². The number of hydrogen-bond acceptors (Lipinski definition) is 5. The van der Waals surface area contributed by atoms with Crippen LogP contribution in [0.4, 0.5) is 0 Å². The summed E-state index contributed by atoms with van der Waals surface area (Å²) in [6.07, 6.45) is 5.24. The lowest BCUT2D eigenvalue weighted by Gasteiger charge is -2.26. The molecule has 0 atom stereocenters. The van der Waals surface area contributed by atoms with Crippen molar-refractivity contribution in [3.05, 3.63) is 47.1 Å². The van der Waals surface area contributed by atoms with Crippen molar-refractivity contribution in [3.8, 4) is 0 Å². The third-order valence-corrected chi connectivity index (χ3v) is 5.53. The van der Waals surface area contributed by atoms with Crippen LogP contribution < -0.4 is 5.32 Å². The van der Waals surface area contributed by atoms with E-state index in [0.29, 0.717) is 30.2 Å². The number of nitrogens with one attached hydrogen (secondary N) is 1. The van der Waals surface area contributed by atoms with Crippen LogP contribution >= 0.6 is 0 Å². The van der Waals surface area contributed by atoms with Crippen molar-refractivity contribution in [3.63, 3.8) is 0 Å². The van der Waals surface area contributed by atoms with Gasteiger partial charge in [0, 0.05) is 32.0 Å². The molecule has 0 radical (unpaired) electrons. The minimum Gasteiger partial charge on any atom is -0.340 e. The van der Waals surface area contributed by atoms with E-state index in [4.69, 9.17) is 4.52 Å². The van der Waals surface area contributed by atoms with E-state index in [1.54, 1.807) is 6.92 Å². The molecule has 7 nitrogen and oxygen atoms in total. The number of aryl methyl sites for hydroxylation is 1. The predicted octanol–water partition coefficient (Wildman–Crippen LogP) is 2.70. The number of rotatable bonds is 5. The van der Waals surface area contributed by atoms with Gasteiger partial charge in [0.05, 0.1) is 0 Å². The summed E-state index contributed by atoms with van der Waals surface area (Å²) in [5, 5.41) is 7.21. The van der Waals surface area contributed by atoms with Crippen molar-refractivity contribution >= 4 is 11.8 Å². The fourth-order valence-electron chi connectivity index (χ4n) is 4.02. The first-order valence-electron chi connectivity index (χ1n) is 9.56. The second-order valence-corrected chi connectivity index (χ2v) is 7.50. The van der Waals surface area contributed by atoms with Gasteiger partial charge in [0.15, 0.2) is 5.82 Å². The molecule has 1 saturated carbocycles. The molecule has 1 saturated heterocycles. The van der Waals surface area contributed by atoms with Crippen molar-refractivity contribution in [2.24, 2.45) is 0 Å². The molecule has 2 heterocycles. The van der Waals surface area contributed by atoms with Gasteiger partial charge in [-0.2, -0.15) is 4.98 Å². The number of amides is 2. The highest BCUT2D eigenvalue weighted by molar-refractivity contribution is 5.94. The lowest BCUT2D eigenvalue weighted by Crippen LogP contribution is -2.44. The van der Waals surface area contributed by atoms with Crippen LogP contribution in [0.3, 0.4) is 0 Å². The molecule has 1 aromatic heterocycles. The highest BCUT2D eigenvalue weighted by atomic mass is 16.5. The molecule has 7 heteroatoms. The van der Waals surface area contributed by atoms with Gasteiger partial charge in [-0.25, -0.2) is 0 Å². The Morgan fingerprint density at radius 3 is 2.56 bits per heavy atom. The molecule has 0 spiro atoms. The third-order valence-electron chi connectivity index (χ3n) is 5.53. The molecule has 2 aliphatic rings. The molecule has 1 aliphatic heterocycles. The molecule has 1 aliphatic carbocycles. The van der Waals surface area contributed by atoms with Crippen molar-refractivity contribution < 1.29 is 14.1 Å². The van der Waals surface area contributed by atoms with Crippen LogP contribution in [0.1, 0.15) is 66.2 Å². The number of benzene rings is 1. The molecule has 1 aromatic carbocycles. The van der Waals surface area contributed by atoms with E-state index < -0.39 is 5.54 Å². The van der Waals surface area contributed by atoms with Gasteiger partial charge in [0.2, 0.25) is 11.8 Å². The summed E-state index contributed by atoms with van der Waals surface area (Å²) in [5.41, 5.74) is 1.08. The van der Waals surface area contributed by atoms with Crippen molar-refractivity contribution in [2.45, 2.75) is 57.5 Å². The Kier molecular flexibility index (Phi) is 4.68. The first-order valence-corrected chi connectivity index (χ1v) is 9.56. The van der Waals surface area contributed by atoms with E-state index in [-0.39, 0.29) is 11.8 Å². The van der Waals surface area contributed by atoms with Crippen LogP contribution in [0.2, 0.25) is 0 Å². The smallest absolute Gasteiger partial charge is 0.252 e. The molecule has 2 amide bonds. The van der Waals surface area contributed by atoms with Gasteiger partial charge in [-0.05, 0) is 37.0 Å². The number of likely N-dealkylation sites (tertiary alicyclic amines) is 1. The van der Waals surface area contributed by atoms with E-state index >= 15 is 0 Å². The minimum absolute atomic E-state index is 0.136. The van der Waals surface area contributed by atoms with Gasteiger partial charge in [-0.15, -0.1) is 0 Å². The van der Waals surface area contributed by atoms with Crippen molar-refractivity contribution in [1.82, 2.24) is 20.4 Å².